The van der Waals surface area contributed by atoms with Crippen LogP contribution in [0.5, 0.6) is 5.75 Å². The van der Waals surface area contributed by atoms with Crippen LogP contribution in [0.15, 0.2) is 24.3 Å². The number of rotatable bonds is 3. The summed E-state index contributed by atoms with van der Waals surface area (Å²) in [7, 11) is 0. The van der Waals surface area contributed by atoms with Crippen LogP contribution in [0.2, 0.25) is 0 Å². The van der Waals surface area contributed by atoms with Gasteiger partial charge in [-0.3, -0.25) is 0 Å². The van der Waals surface area contributed by atoms with Crippen molar-refractivity contribution < 1.29 is 4.74 Å². The second-order valence-electron chi connectivity index (χ2n) is 2.33. The second kappa shape index (κ2) is 4.24. The van der Waals surface area contributed by atoms with Crippen LogP contribution >= 0.6 is 0 Å². The summed E-state index contributed by atoms with van der Waals surface area (Å²) in [6.45, 7) is 0.431. The Morgan fingerprint density at radius 1 is 1.33 bits per heavy atom. The molecule has 3 heteroatoms. The Bertz CT molecular complexity index is 274. The Morgan fingerprint density at radius 3 is 2.58 bits per heavy atom. The number of ether oxygens (including phenoxy) is 1. The van der Waals surface area contributed by atoms with Crippen molar-refractivity contribution in [2.45, 2.75) is 6.42 Å². The van der Waals surface area contributed by atoms with Crippen LogP contribution in [-0.4, -0.2) is 6.61 Å². The minimum absolute atomic E-state index is 0.407. The molecule has 0 heterocycles. The Morgan fingerprint density at radius 2 is 2.00 bits per heavy atom. The van der Waals surface area contributed by atoms with E-state index in [1.807, 2.05) is 6.07 Å². The average molecular weight is 162 g/mol. The molecule has 0 spiro atoms. The van der Waals surface area contributed by atoms with Crippen molar-refractivity contribution >= 4 is 5.69 Å². The van der Waals surface area contributed by atoms with E-state index >= 15 is 0 Å². The fourth-order valence-electron chi connectivity index (χ4n) is 0.779. The van der Waals surface area contributed by atoms with Crippen LogP contribution in [-0.2, 0) is 0 Å². The van der Waals surface area contributed by atoms with E-state index in [2.05, 4.69) is 0 Å². The molecule has 0 aliphatic carbocycles. The van der Waals surface area contributed by atoms with Gasteiger partial charge < -0.3 is 10.5 Å². The van der Waals surface area contributed by atoms with E-state index in [1.54, 1.807) is 24.3 Å². The number of anilines is 1. The maximum Gasteiger partial charge on any atom is 0.119 e. The van der Waals surface area contributed by atoms with E-state index < -0.39 is 0 Å². The first-order valence-electron chi connectivity index (χ1n) is 3.68. The molecule has 0 aliphatic rings. The van der Waals surface area contributed by atoms with Crippen molar-refractivity contribution in [2.24, 2.45) is 0 Å². The van der Waals surface area contributed by atoms with Crippen LogP contribution in [0.4, 0.5) is 5.69 Å². The average Bonchev–Trinajstić information content (AvgIpc) is 2.09. The standard InChI is InChI=1S/C9H10N2O/c10-6-1-7-12-9-4-2-8(11)3-5-9/h2-5H,1,7,11H2. The Labute approximate surface area is 71.4 Å². The molecule has 0 bridgehead atoms. The van der Waals surface area contributed by atoms with Gasteiger partial charge in [0.25, 0.3) is 0 Å². The molecule has 0 saturated carbocycles. The number of benzene rings is 1. The van der Waals surface area contributed by atoms with Gasteiger partial charge in [-0.25, -0.2) is 0 Å². The molecular weight excluding hydrogens is 152 g/mol. The maximum absolute atomic E-state index is 8.24. The molecule has 62 valence electrons. The molecule has 1 rings (SSSR count). The highest BCUT2D eigenvalue weighted by atomic mass is 16.5. The largest absolute Gasteiger partial charge is 0.493 e. The first kappa shape index (κ1) is 8.41. The fraction of sp³-hybridized carbons (Fsp3) is 0.222. The van der Waals surface area contributed by atoms with E-state index in [4.69, 9.17) is 15.7 Å². The predicted molar refractivity (Wildman–Crippen MR) is 46.6 cm³/mol. The first-order valence-corrected chi connectivity index (χ1v) is 3.68. The summed E-state index contributed by atoms with van der Waals surface area (Å²) in [6.07, 6.45) is 0.407. The minimum atomic E-state index is 0.407. The van der Waals surface area contributed by atoms with Crippen molar-refractivity contribution in [1.82, 2.24) is 0 Å². The highest BCUT2D eigenvalue weighted by Crippen LogP contribution is 2.12. The van der Waals surface area contributed by atoms with Crippen LogP contribution in [0.25, 0.3) is 0 Å². The highest BCUT2D eigenvalue weighted by Gasteiger charge is 1.91. The molecular formula is C9H10N2O. The van der Waals surface area contributed by atoms with Crippen molar-refractivity contribution in [1.29, 1.82) is 5.26 Å². The molecule has 0 unspecified atom stereocenters. The Hall–Kier alpha value is -1.69. The zero-order valence-electron chi connectivity index (χ0n) is 6.66. The van der Waals surface area contributed by atoms with Gasteiger partial charge in [-0.15, -0.1) is 0 Å². The molecule has 1 aromatic carbocycles. The summed E-state index contributed by atoms with van der Waals surface area (Å²) in [5.74, 6) is 0.749. The second-order valence-corrected chi connectivity index (χ2v) is 2.33. The zero-order valence-corrected chi connectivity index (χ0v) is 6.66. The summed E-state index contributed by atoms with van der Waals surface area (Å²) < 4.78 is 5.22. The number of hydrogen-bond acceptors (Lipinski definition) is 3. The Balaban J connectivity index is 2.43. The van der Waals surface area contributed by atoms with E-state index in [9.17, 15) is 0 Å². The molecule has 2 N–H and O–H groups in total. The van der Waals surface area contributed by atoms with Gasteiger partial charge in [-0.05, 0) is 24.3 Å². The van der Waals surface area contributed by atoms with Crippen molar-refractivity contribution in [3.05, 3.63) is 24.3 Å². The van der Waals surface area contributed by atoms with Gasteiger partial charge in [0, 0.05) is 5.69 Å². The van der Waals surface area contributed by atoms with Gasteiger partial charge in [-0.1, -0.05) is 0 Å². The third-order valence-corrected chi connectivity index (χ3v) is 1.36. The lowest BCUT2D eigenvalue weighted by Crippen LogP contribution is -1.95. The summed E-state index contributed by atoms with van der Waals surface area (Å²) >= 11 is 0. The van der Waals surface area contributed by atoms with Gasteiger partial charge in [-0.2, -0.15) is 5.26 Å². The van der Waals surface area contributed by atoms with Gasteiger partial charge >= 0.3 is 0 Å². The van der Waals surface area contributed by atoms with Crippen LogP contribution in [0.1, 0.15) is 6.42 Å². The van der Waals surface area contributed by atoms with E-state index in [0.29, 0.717) is 18.7 Å². The third-order valence-electron chi connectivity index (χ3n) is 1.36. The van der Waals surface area contributed by atoms with Gasteiger partial charge in [0.15, 0.2) is 0 Å². The molecule has 0 aliphatic heterocycles. The molecule has 0 saturated heterocycles. The minimum Gasteiger partial charge on any atom is -0.493 e. The van der Waals surface area contributed by atoms with Crippen molar-refractivity contribution in [3.8, 4) is 11.8 Å². The SMILES string of the molecule is N#CCCOc1ccc(N)cc1. The van der Waals surface area contributed by atoms with E-state index in [1.165, 1.54) is 0 Å². The first-order chi connectivity index (χ1) is 5.83. The summed E-state index contributed by atoms with van der Waals surface area (Å²) in [4.78, 5) is 0. The number of hydrogen-bond donors (Lipinski definition) is 1. The van der Waals surface area contributed by atoms with Crippen molar-refractivity contribution in [2.75, 3.05) is 12.3 Å². The number of nitriles is 1. The lowest BCUT2D eigenvalue weighted by Gasteiger charge is -2.02. The highest BCUT2D eigenvalue weighted by molar-refractivity contribution is 5.41. The molecule has 1 aromatic rings. The molecule has 12 heavy (non-hydrogen) atoms. The predicted octanol–water partition coefficient (Wildman–Crippen LogP) is 1.56. The lowest BCUT2D eigenvalue weighted by molar-refractivity contribution is 0.326. The number of nitrogens with two attached hydrogens (primary N) is 1. The van der Waals surface area contributed by atoms with Gasteiger partial charge in [0.2, 0.25) is 0 Å². The summed E-state index contributed by atoms with van der Waals surface area (Å²) in [5.41, 5.74) is 6.18. The maximum atomic E-state index is 8.24. The molecule has 0 amide bonds. The quantitative estimate of drug-likeness (QED) is 0.542. The topological polar surface area (TPSA) is 59.0 Å². The molecule has 0 aromatic heterocycles. The van der Waals surface area contributed by atoms with E-state index in [-0.39, 0.29) is 0 Å². The van der Waals surface area contributed by atoms with Crippen LogP contribution < -0.4 is 10.5 Å². The summed E-state index contributed by atoms with van der Waals surface area (Å²) in [5, 5.41) is 8.24. The van der Waals surface area contributed by atoms with Gasteiger partial charge in [0.05, 0.1) is 12.5 Å². The van der Waals surface area contributed by atoms with E-state index in [0.717, 1.165) is 5.75 Å². The normalized spacial score (nSPS) is 8.92. The molecule has 0 fully saturated rings. The molecule has 3 nitrogen and oxygen atoms in total. The molecule has 0 radical (unpaired) electrons. The zero-order chi connectivity index (χ0) is 8.81. The van der Waals surface area contributed by atoms with Crippen LogP contribution in [0.3, 0.4) is 0 Å². The van der Waals surface area contributed by atoms with Gasteiger partial charge in [0.1, 0.15) is 12.4 Å². The number of nitrogens with zero attached hydrogens (tertiary/aromatic N) is 1. The van der Waals surface area contributed by atoms with Crippen molar-refractivity contribution in [3.63, 3.8) is 0 Å². The Kier molecular flexibility index (Phi) is 2.97. The fourth-order valence-corrected chi connectivity index (χ4v) is 0.779. The monoisotopic (exact) mass is 162 g/mol. The lowest BCUT2D eigenvalue weighted by atomic mass is 10.3. The number of nitrogen functional groups attached to an aromatic ring is 1. The molecule has 0 atom stereocenters. The third kappa shape index (κ3) is 2.51. The van der Waals surface area contributed by atoms with Crippen LogP contribution in [0, 0.1) is 11.3 Å². The summed E-state index contributed by atoms with van der Waals surface area (Å²) in [6, 6.07) is 9.10. The smallest absolute Gasteiger partial charge is 0.119 e.